The van der Waals surface area contributed by atoms with E-state index in [1.165, 1.54) is 6.33 Å². The van der Waals surface area contributed by atoms with Gasteiger partial charge in [-0.05, 0) is 53.1 Å². The Morgan fingerprint density at radius 2 is 1.40 bits per heavy atom. The summed E-state index contributed by atoms with van der Waals surface area (Å²) in [6.45, 7) is 0.239. The molecule has 0 spiro atoms. The Bertz CT molecular complexity index is 1990. The average Bonchev–Trinajstić information content (AvgIpc) is 3.81. The Morgan fingerprint density at radius 1 is 0.800 bits per heavy atom. The first-order valence-corrected chi connectivity index (χ1v) is 16.2. The predicted molar refractivity (Wildman–Crippen MR) is 187 cm³/mol. The summed E-state index contributed by atoms with van der Waals surface area (Å²) in [7, 11) is 4.96. The largest absolute Gasteiger partial charge is 0.497 e. The number of ether oxygens (including phenoxy) is 5. The van der Waals surface area contributed by atoms with Crippen molar-refractivity contribution in [1.29, 1.82) is 0 Å². The molecule has 1 amide bonds. The number of hydrogen-bond acceptors (Lipinski definition) is 9. The highest BCUT2D eigenvalue weighted by atomic mass is 16.6. The van der Waals surface area contributed by atoms with Crippen LogP contribution in [0.25, 0.3) is 11.2 Å². The number of benzene rings is 4. The van der Waals surface area contributed by atoms with Crippen molar-refractivity contribution in [2.75, 3.05) is 33.3 Å². The summed E-state index contributed by atoms with van der Waals surface area (Å²) in [5.74, 6) is 1.50. The van der Waals surface area contributed by atoms with E-state index in [0.29, 0.717) is 29.0 Å². The highest BCUT2D eigenvalue weighted by Crippen LogP contribution is 2.43. The second kappa shape index (κ2) is 14.5. The molecular weight excluding hydrogens is 634 g/mol. The van der Waals surface area contributed by atoms with Gasteiger partial charge in [0.15, 0.2) is 23.2 Å². The van der Waals surface area contributed by atoms with E-state index in [2.05, 4.69) is 32.4 Å². The minimum absolute atomic E-state index is 0.239. The van der Waals surface area contributed by atoms with E-state index >= 15 is 0 Å². The van der Waals surface area contributed by atoms with Crippen LogP contribution in [0.3, 0.4) is 0 Å². The molecule has 50 heavy (non-hydrogen) atoms. The van der Waals surface area contributed by atoms with Crippen molar-refractivity contribution in [3.63, 3.8) is 0 Å². The number of fused-ring (bicyclic) bond motifs is 1. The van der Waals surface area contributed by atoms with Gasteiger partial charge in [-0.1, -0.05) is 72.8 Å². The number of anilines is 1. The maximum absolute atomic E-state index is 12.9. The first-order chi connectivity index (χ1) is 24.5. The second-order valence-electron chi connectivity index (χ2n) is 11.8. The highest BCUT2D eigenvalue weighted by molar-refractivity contribution is 6.06. The van der Waals surface area contributed by atoms with Crippen molar-refractivity contribution in [3.8, 4) is 11.5 Å². The van der Waals surface area contributed by atoms with Gasteiger partial charge >= 0.3 is 0 Å². The van der Waals surface area contributed by atoms with E-state index in [-0.39, 0.29) is 24.7 Å². The first-order valence-electron chi connectivity index (χ1n) is 16.2. The van der Waals surface area contributed by atoms with Crippen LogP contribution in [0.15, 0.2) is 122 Å². The molecule has 254 valence electrons. The molecule has 1 fully saturated rings. The van der Waals surface area contributed by atoms with Crippen molar-refractivity contribution in [3.05, 3.63) is 144 Å². The smallest absolute Gasteiger partial charge is 0.256 e. The quantitative estimate of drug-likeness (QED) is 0.147. The van der Waals surface area contributed by atoms with Crippen LogP contribution in [-0.2, 0) is 19.8 Å². The number of imidazole rings is 1. The number of aromatic nitrogens is 4. The summed E-state index contributed by atoms with van der Waals surface area (Å²) in [6.07, 6.45) is 2.36. The van der Waals surface area contributed by atoms with E-state index < -0.39 is 11.8 Å². The number of carbonyl (C=O) groups excluding carboxylic acids is 1. The number of carbonyl (C=O) groups is 1. The van der Waals surface area contributed by atoms with Crippen molar-refractivity contribution in [1.82, 2.24) is 19.5 Å². The molecular formula is C39H37N5O6. The summed E-state index contributed by atoms with van der Waals surface area (Å²) in [5, 5.41) is 2.86. The molecule has 3 atom stereocenters. The third-order valence-corrected chi connectivity index (χ3v) is 9.01. The van der Waals surface area contributed by atoms with Crippen molar-refractivity contribution in [2.45, 2.75) is 30.5 Å². The summed E-state index contributed by atoms with van der Waals surface area (Å²) in [5.41, 5.74) is 3.27. The molecule has 0 saturated carbocycles. The molecule has 1 aliphatic heterocycles. The van der Waals surface area contributed by atoms with Gasteiger partial charge in [0.05, 0.1) is 33.3 Å². The Labute approximate surface area is 289 Å². The number of hydrogen-bond donors (Lipinski definition) is 1. The van der Waals surface area contributed by atoms with Gasteiger partial charge in [0.2, 0.25) is 0 Å². The van der Waals surface area contributed by atoms with Crippen LogP contribution in [-0.4, -0.2) is 65.6 Å². The third-order valence-electron chi connectivity index (χ3n) is 9.01. The summed E-state index contributed by atoms with van der Waals surface area (Å²) >= 11 is 0. The molecule has 11 heteroatoms. The van der Waals surface area contributed by atoms with Crippen LogP contribution in [0.5, 0.6) is 11.5 Å². The minimum Gasteiger partial charge on any atom is -0.497 e. The first kappa shape index (κ1) is 32.9. The standard InChI is InChI=1S/C39H37N5O6/c1-46-30-18-14-28(15-19-30)39(27-12-8-5-9-13-27,29-16-20-31(47-2)21-17-29)49-23-32-22-33(48-3)38(50-32)44-25-42-34-35(40-24-41-36(34)44)43-37(45)26-10-6-4-7-11-26/h4-21,24-25,32-33,38H,22-23H2,1-3H3,(H,40,41,43,45)/t32-,33-,38-/m1/s1. The fraction of sp³-hybridized carbons (Fsp3) is 0.231. The molecule has 0 radical (unpaired) electrons. The van der Waals surface area contributed by atoms with Gasteiger partial charge in [-0.15, -0.1) is 0 Å². The predicted octanol–water partition coefficient (Wildman–Crippen LogP) is 6.41. The lowest BCUT2D eigenvalue weighted by molar-refractivity contribution is -0.0886. The SMILES string of the molecule is COc1ccc(C(OC[C@H]2C[C@@H](OC)[C@H](n3cnc4c(NC(=O)c5ccccc5)ncnc43)O2)(c2ccccc2)c2ccc(OC)cc2)cc1. The Balaban J connectivity index is 1.19. The maximum atomic E-state index is 12.9. The molecule has 1 aliphatic rings. The number of amides is 1. The van der Waals surface area contributed by atoms with Crippen LogP contribution >= 0.6 is 0 Å². The molecule has 4 aromatic carbocycles. The van der Waals surface area contributed by atoms with Crippen molar-refractivity contribution >= 4 is 22.9 Å². The van der Waals surface area contributed by atoms with E-state index in [0.717, 1.165) is 28.2 Å². The maximum Gasteiger partial charge on any atom is 0.256 e. The summed E-state index contributed by atoms with van der Waals surface area (Å²) in [6, 6.07) is 34.9. The van der Waals surface area contributed by atoms with Gasteiger partial charge < -0.3 is 29.0 Å². The van der Waals surface area contributed by atoms with Crippen molar-refractivity contribution in [2.24, 2.45) is 0 Å². The highest BCUT2D eigenvalue weighted by Gasteiger charge is 2.42. The minimum atomic E-state index is -0.995. The van der Waals surface area contributed by atoms with E-state index in [1.54, 1.807) is 51.9 Å². The van der Waals surface area contributed by atoms with E-state index in [9.17, 15) is 4.79 Å². The molecule has 7 rings (SSSR count). The van der Waals surface area contributed by atoms with Crippen LogP contribution in [0.2, 0.25) is 0 Å². The Kier molecular flexibility index (Phi) is 9.52. The molecule has 1 saturated heterocycles. The van der Waals surface area contributed by atoms with Gasteiger partial charge in [0.1, 0.15) is 29.5 Å². The lowest BCUT2D eigenvalue weighted by Gasteiger charge is -2.37. The van der Waals surface area contributed by atoms with E-state index in [1.807, 2.05) is 77.4 Å². The fourth-order valence-corrected chi connectivity index (χ4v) is 6.47. The number of nitrogens with one attached hydrogen (secondary N) is 1. The number of rotatable bonds is 12. The summed E-state index contributed by atoms with van der Waals surface area (Å²) < 4.78 is 32.5. The van der Waals surface area contributed by atoms with Gasteiger partial charge in [0, 0.05) is 19.1 Å². The zero-order valence-corrected chi connectivity index (χ0v) is 27.9. The normalized spacial score (nSPS) is 17.5. The topological polar surface area (TPSA) is 119 Å². The number of methoxy groups -OCH3 is 3. The third kappa shape index (κ3) is 6.29. The molecule has 11 nitrogen and oxygen atoms in total. The van der Waals surface area contributed by atoms with Crippen molar-refractivity contribution < 1.29 is 28.5 Å². The van der Waals surface area contributed by atoms with Gasteiger partial charge in [-0.3, -0.25) is 9.36 Å². The zero-order chi connectivity index (χ0) is 34.5. The lowest BCUT2D eigenvalue weighted by Crippen LogP contribution is -2.35. The molecule has 0 unspecified atom stereocenters. The molecule has 2 aromatic heterocycles. The fourth-order valence-electron chi connectivity index (χ4n) is 6.47. The Hall–Kier alpha value is -5.62. The van der Waals surface area contributed by atoms with Crippen LogP contribution in [0, 0.1) is 0 Å². The Morgan fingerprint density at radius 3 is 2.00 bits per heavy atom. The zero-order valence-electron chi connectivity index (χ0n) is 27.9. The summed E-state index contributed by atoms with van der Waals surface area (Å²) in [4.78, 5) is 26.3. The number of nitrogens with zero attached hydrogens (tertiary/aromatic N) is 4. The monoisotopic (exact) mass is 671 g/mol. The molecule has 0 aliphatic carbocycles. The van der Waals surface area contributed by atoms with E-state index in [4.69, 9.17) is 23.7 Å². The van der Waals surface area contributed by atoms with Crippen LogP contribution < -0.4 is 14.8 Å². The second-order valence-corrected chi connectivity index (χ2v) is 11.8. The van der Waals surface area contributed by atoms with Gasteiger partial charge in [-0.2, -0.15) is 0 Å². The molecule has 3 heterocycles. The lowest BCUT2D eigenvalue weighted by atomic mass is 9.80. The molecule has 6 aromatic rings. The molecule has 0 bridgehead atoms. The van der Waals surface area contributed by atoms with Crippen LogP contribution in [0.4, 0.5) is 5.82 Å². The van der Waals surface area contributed by atoms with Crippen LogP contribution in [0.1, 0.15) is 39.7 Å². The average molecular weight is 672 g/mol. The van der Waals surface area contributed by atoms with Gasteiger partial charge in [0.25, 0.3) is 5.91 Å². The van der Waals surface area contributed by atoms with Gasteiger partial charge in [-0.25, -0.2) is 15.0 Å². The molecule has 1 N–H and O–H groups in total.